The first-order chi connectivity index (χ1) is 11.7. The van der Waals surface area contributed by atoms with Gasteiger partial charge in [-0.25, -0.2) is 0 Å². The first-order valence-electron chi connectivity index (χ1n) is 8.51. The quantitative estimate of drug-likeness (QED) is 0.821. The van der Waals surface area contributed by atoms with Crippen molar-refractivity contribution in [3.8, 4) is 0 Å². The molecule has 24 heavy (non-hydrogen) atoms. The summed E-state index contributed by atoms with van der Waals surface area (Å²) in [5.74, 6) is 0.151. The lowest BCUT2D eigenvalue weighted by molar-refractivity contribution is -0.126. The number of amides is 1. The molecule has 0 radical (unpaired) electrons. The van der Waals surface area contributed by atoms with Gasteiger partial charge in [0.1, 0.15) is 0 Å². The molecule has 3 heterocycles. The maximum absolute atomic E-state index is 12.3. The predicted molar refractivity (Wildman–Crippen MR) is 102 cm³/mol. The lowest BCUT2D eigenvalue weighted by Gasteiger charge is -2.37. The second-order valence-electron chi connectivity index (χ2n) is 6.19. The van der Waals surface area contributed by atoms with Gasteiger partial charge in [-0.05, 0) is 36.2 Å². The molecule has 1 fully saturated rings. The summed E-state index contributed by atoms with van der Waals surface area (Å²) in [6.45, 7) is 7.77. The van der Waals surface area contributed by atoms with Gasteiger partial charge in [0.25, 0.3) is 0 Å². The van der Waals surface area contributed by atoms with Crippen molar-refractivity contribution < 1.29 is 4.79 Å². The Balaban J connectivity index is 1.37. The second-order valence-corrected chi connectivity index (χ2v) is 8.25. The van der Waals surface area contributed by atoms with Gasteiger partial charge in [-0.1, -0.05) is 12.1 Å². The highest BCUT2D eigenvalue weighted by atomic mass is 32.1. The van der Waals surface area contributed by atoms with E-state index in [2.05, 4.69) is 50.1 Å². The Morgan fingerprint density at radius 3 is 2.42 bits per heavy atom. The van der Waals surface area contributed by atoms with Crippen molar-refractivity contribution in [3.63, 3.8) is 0 Å². The highest BCUT2D eigenvalue weighted by molar-refractivity contribution is 7.10. The third-order valence-corrected chi connectivity index (χ3v) is 6.34. The van der Waals surface area contributed by atoms with Crippen LogP contribution in [-0.2, 0) is 17.8 Å². The molecule has 0 aliphatic carbocycles. The summed E-state index contributed by atoms with van der Waals surface area (Å²) in [5, 5.41) is 7.29. The van der Waals surface area contributed by atoms with Crippen LogP contribution in [0.2, 0.25) is 0 Å². The molecule has 1 aliphatic heterocycles. The molecule has 0 bridgehead atoms. The van der Waals surface area contributed by atoms with E-state index in [1.807, 2.05) is 18.3 Å². The van der Waals surface area contributed by atoms with E-state index in [0.717, 1.165) is 45.7 Å². The van der Waals surface area contributed by atoms with E-state index in [0.29, 0.717) is 0 Å². The van der Waals surface area contributed by atoms with Crippen LogP contribution in [0.1, 0.15) is 16.7 Å². The van der Waals surface area contributed by atoms with E-state index in [-0.39, 0.29) is 11.9 Å². The van der Waals surface area contributed by atoms with Gasteiger partial charge in [0.15, 0.2) is 0 Å². The van der Waals surface area contributed by atoms with Gasteiger partial charge in [0.05, 0.1) is 6.04 Å². The minimum atomic E-state index is -0.0442. The third kappa shape index (κ3) is 4.89. The van der Waals surface area contributed by atoms with Crippen molar-refractivity contribution in [2.75, 3.05) is 32.7 Å². The van der Waals surface area contributed by atoms with Crippen molar-refractivity contribution in [1.29, 1.82) is 0 Å². The number of nitrogens with one attached hydrogen (secondary N) is 1. The molecule has 1 atom stereocenters. The summed E-state index contributed by atoms with van der Waals surface area (Å²) in [5.41, 5.74) is 0. The molecule has 1 aliphatic rings. The molecule has 3 rings (SSSR count). The largest absolute Gasteiger partial charge is 0.354 e. The first-order valence-corrected chi connectivity index (χ1v) is 10.3. The first kappa shape index (κ1) is 17.6. The normalized spacial score (nSPS) is 17.7. The summed E-state index contributed by atoms with van der Waals surface area (Å²) in [6, 6.07) is 8.43. The number of carbonyl (C=O) groups excluding carboxylic acids is 1. The Morgan fingerprint density at radius 2 is 1.79 bits per heavy atom. The van der Waals surface area contributed by atoms with Crippen LogP contribution < -0.4 is 5.32 Å². The van der Waals surface area contributed by atoms with E-state index < -0.39 is 0 Å². The zero-order valence-electron chi connectivity index (χ0n) is 14.1. The van der Waals surface area contributed by atoms with Crippen LogP contribution in [0, 0.1) is 0 Å². The van der Waals surface area contributed by atoms with Crippen LogP contribution >= 0.6 is 22.7 Å². The van der Waals surface area contributed by atoms with Gasteiger partial charge in [0, 0.05) is 49.0 Å². The van der Waals surface area contributed by atoms with Crippen LogP contribution in [0.3, 0.4) is 0 Å². The number of hydrogen-bond acceptors (Lipinski definition) is 5. The van der Waals surface area contributed by atoms with Gasteiger partial charge in [-0.2, -0.15) is 0 Å². The van der Waals surface area contributed by atoms with Crippen LogP contribution in [0.5, 0.6) is 0 Å². The predicted octanol–water partition coefficient (Wildman–Crippen LogP) is 2.67. The summed E-state index contributed by atoms with van der Waals surface area (Å²) >= 11 is 3.56. The summed E-state index contributed by atoms with van der Waals surface area (Å²) < 4.78 is 0. The standard InChI is InChI=1S/C18H25N3OS2/c1-15(18(22)19-7-6-16-4-2-12-23-16)21-10-8-20(9-11-21)14-17-5-3-13-24-17/h2-5,12-13,15H,6-11,14H2,1H3,(H,19,22). The number of thiophene rings is 2. The Morgan fingerprint density at radius 1 is 1.12 bits per heavy atom. The van der Waals surface area contributed by atoms with Crippen LogP contribution in [0.25, 0.3) is 0 Å². The molecule has 0 saturated carbocycles. The summed E-state index contributed by atoms with van der Waals surface area (Å²) in [4.78, 5) is 19.9. The molecule has 0 spiro atoms. The fourth-order valence-corrected chi connectivity index (χ4v) is 4.46. The topological polar surface area (TPSA) is 35.6 Å². The average Bonchev–Trinajstić information content (AvgIpc) is 3.29. The van der Waals surface area contributed by atoms with E-state index in [9.17, 15) is 4.79 Å². The van der Waals surface area contributed by atoms with E-state index in [1.54, 1.807) is 11.3 Å². The highest BCUT2D eigenvalue weighted by Gasteiger charge is 2.25. The van der Waals surface area contributed by atoms with Crippen molar-refractivity contribution in [2.24, 2.45) is 0 Å². The zero-order valence-corrected chi connectivity index (χ0v) is 15.7. The van der Waals surface area contributed by atoms with Gasteiger partial charge < -0.3 is 5.32 Å². The lowest BCUT2D eigenvalue weighted by Crippen LogP contribution is -2.53. The summed E-state index contributed by atoms with van der Waals surface area (Å²) in [7, 11) is 0. The average molecular weight is 364 g/mol. The van der Waals surface area contributed by atoms with E-state index >= 15 is 0 Å². The molecule has 6 heteroatoms. The Kier molecular flexibility index (Phi) is 6.43. The Labute approximate surface area is 152 Å². The number of hydrogen-bond donors (Lipinski definition) is 1. The molecule has 1 unspecified atom stereocenters. The third-order valence-electron chi connectivity index (χ3n) is 4.54. The molecule has 2 aromatic heterocycles. The van der Waals surface area contributed by atoms with Crippen LogP contribution in [0.4, 0.5) is 0 Å². The molecule has 0 aromatic carbocycles. The van der Waals surface area contributed by atoms with Gasteiger partial charge in [-0.3, -0.25) is 14.6 Å². The zero-order chi connectivity index (χ0) is 16.8. The van der Waals surface area contributed by atoms with Crippen molar-refractivity contribution in [3.05, 3.63) is 44.8 Å². The molecule has 2 aromatic rings. The van der Waals surface area contributed by atoms with Crippen LogP contribution in [-0.4, -0.2) is 54.5 Å². The van der Waals surface area contributed by atoms with Gasteiger partial charge in [-0.15, -0.1) is 22.7 Å². The molecular formula is C18H25N3OS2. The molecule has 1 N–H and O–H groups in total. The number of rotatable bonds is 7. The van der Waals surface area contributed by atoms with Crippen LogP contribution in [0.15, 0.2) is 35.0 Å². The smallest absolute Gasteiger partial charge is 0.237 e. The highest BCUT2D eigenvalue weighted by Crippen LogP contribution is 2.14. The molecule has 130 valence electrons. The number of carbonyl (C=O) groups is 1. The number of nitrogens with zero attached hydrogens (tertiary/aromatic N) is 2. The SMILES string of the molecule is CC(C(=O)NCCc1cccs1)N1CCN(Cc2cccs2)CC1. The maximum Gasteiger partial charge on any atom is 0.237 e. The molecule has 1 amide bonds. The second kappa shape index (κ2) is 8.76. The van der Waals surface area contributed by atoms with Crippen molar-refractivity contribution >= 4 is 28.6 Å². The van der Waals surface area contributed by atoms with Crippen molar-refractivity contribution in [1.82, 2.24) is 15.1 Å². The van der Waals surface area contributed by atoms with Crippen molar-refractivity contribution in [2.45, 2.75) is 25.9 Å². The fourth-order valence-electron chi connectivity index (χ4n) is 3.01. The minimum Gasteiger partial charge on any atom is -0.354 e. The Hall–Kier alpha value is -1.21. The Bertz CT molecular complexity index is 604. The molecular weight excluding hydrogens is 338 g/mol. The lowest BCUT2D eigenvalue weighted by atomic mass is 10.2. The number of piperazine rings is 1. The van der Waals surface area contributed by atoms with Gasteiger partial charge in [0.2, 0.25) is 5.91 Å². The summed E-state index contributed by atoms with van der Waals surface area (Å²) in [6.07, 6.45) is 0.921. The molecule has 1 saturated heterocycles. The molecule has 4 nitrogen and oxygen atoms in total. The minimum absolute atomic E-state index is 0.0442. The van der Waals surface area contributed by atoms with E-state index in [4.69, 9.17) is 0 Å². The monoisotopic (exact) mass is 363 g/mol. The maximum atomic E-state index is 12.3. The van der Waals surface area contributed by atoms with Gasteiger partial charge >= 0.3 is 0 Å². The fraction of sp³-hybridized carbons (Fsp3) is 0.500. The van der Waals surface area contributed by atoms with E-state index in [1.165, 1.54) is 9.75 Å².